The van der Waals surface area contributed by atoms with Crippen LogP contribution in [0.5, 0.6) is 0 Å². The Hall–Kier alpha value is -1.63. The Morgan fingerprint density at radius 2 is 1.90 bits per heavy atom. The first kappa shape index (κ1) is 16.4. The van der Waals surface area contributed by atoms with Crippen LogP contribution in [0.15, 0.2) is 23.1 Å². The van der Waals surface area contributed by atoms with Gasteiger partial charge in [-0.15, -0.1) is 11.8 Å². The zero-order valence-corrected chi connectivity index (χ0v) is 12.1. The standard InChI is InChI=1S/C13H15F2NO3S/c1-13(2,12(18)19)16(3)11(17)7-20-8-4-5-9(14)10(15)6-8/h4-6H,7H2,1-3H3,(H,18,19). The molecule has 1 N–H and O–H groups in total. The van der Waals surface area contributed by atoms with E-state index in [2.05, 4.69) is 0 Å². The SMILES string of the molecule is CN(C(=O)CSc1ccc(F)c(F)c1)C(C)(C)C(=O)O. The van der Waals surface area contributed by atoms with E-state index in [1.54, 1.807) is 0 Å². The molecule has 0 heterocycles. The Bertz CT molecular complexity index is 534. The number of benzene rings is 1. The second-order valence-corrected chi connectivity index (χ2v) is 5.73. The highest BCUT2D eigenvalue weighted by atomic mass is 32.2. The molecule has 0 atom stereocenters. The molecule has 110 valence electrons. The lowest BCUT2D eigenvalue weighted by Gasteiger charge is -2.31. The lowest BCUT2D eigenvalue weighted by molar-refractivity contribution is -0.154. The normalized spacial score (nSPS) is 11.2. The summed E-state index contributed by atoms with van der Waals surface area (Å²) in [6.45, 7) is 2.82. The van der Waals surface area contributed by atoms with Gasteiger partial charge in [0.05, 0.1) is 5.75 Å². The maximum absolute atomic E-state index is 13.0. The predicted molar refractivity (Wildman–Crippen MR) is 71.6 cm³/mol. The molecule has 0 unspecified atom stereocenters. The van der Waals surface area contributed by atoms with E-state index in [1.807, 2.05) is 0 Å². The van der Waals surface area contributed by atoms with Crippen LogP contribution in [0.1, 0.15) is 13.8 Å². The van der Waals surface area contributed by atoms with Crippen LogP contribution < -0.4 is 0 Å². The number of carbonyl (C=O) groups is 2. The van der Waals surface area contributed by atoms with Crippen molar-refractivity contribution in [1.29, 1.82) is 0 Å². The predicted octanol–water partition coefficient (Wildman–Crippen LogP) is 2.38. The van der Waals surface area contributed by atoms with Crippen LogP contribution in [0, 0.1) is 11.6 Å². The largest absolute Gasteiger partial charge is 0.480 e. The molecule has 0 radical (unpaired) electrons. The van der Waals surface area contributed by atoms with Gasteiger partial charge >= 0.3 is 5.97 Å². The van der Waals surface area contributed by atoms with Gasteiger partial charge in [-0.2, -0.15) is 0 Å². The van der Waals surface area contributed by atoms with Crippen LogP contribution in [-0.4, -0.2) is 40.2 Å². The second-order valence-electron chi connectivity index (χ2n) is 4.68. The van der Waals surface area contributed by atoms with Crippen LogP contribution >= 0.6 is 11.8 Å². The quantitative estimate of drug-likeness (QED) is 0.849. The van der Waals surface area contributed by atoms with E-state index < -0.39 is 29.0 Å². The molecule has 1 aromatic rings. The summed E-state index contributed by atoms with van der Waals surface area (Å²) in [4.78, 5) is 24.4. The Balaban J connectivity index is 2.67. The molecule has 0 saturated heterocycles. The fraction of sp³-hybridized carbons (Fsp3) is 0.385. The van der Waals surface area contributed by atoms with E-state index in [1.165, 1.54) is 27.0 Å². The number of hydrogen-bond acceptors (Lipinski definition) is 3. The molecule has 0 aromatic heterocycles. The molecule has 4 nitrogen and oxygen atoms in total. The fourth-order valence-corrected chi connectivity index (χ4v) is 2.10. The summed E-state index contributed by atoms with van der Waals surface area (Å²) in [5, 5.41) is 9.02. The summed E-state index contributed by atoms with van der Waals surface area (Å²) in [7, 11) is 1.39. The maximum Gasteiger partial charge on any atom is 0.329 e. The highest BCUT2D eigenvalue weighted by Gasteiger charge is 2.34. The molecule has 1 amide bonds. The van der Waals surface area contributed by atoms with Crippen molar-refractivity contribution < 1.29 is 23.5 Å². The van der Waals surface area contributed by atoms with Crippen LogP contribution in [0.3, 0.4) is 0 Å². The monoisotopic (exact) mass is 303 g/mol. The van der Waals surface area contributed by atoms with Gasteiger partial charge in [0.15, 0.2) is 11.6 Å². The van der Waals surface area contributed by atoms with Gasteiger partial charge in [-0.05, 0) is 32.0 Å². The second kappa shape index (κ2) is 6.21. The lowest BCUT2D eigenvalue weighted by Crippen LogP contribution is -2.51. The number of aliphatic carboxylic acids is 1. The number of likely N-dealkylation sites (N-methyl/N-ethyl adjacent to an activating group) is 1. The number of carboxylic acids is 1. The van der Waals surface area contributed by atoms with Gasteiger partial charge < -0.3 is 10.0 Å². The summed E-state index contributed by atoms with van der Waals surface area (Å²) in [6, 6.07) is 3.33. The summed E-state index contributed by atoms with van der Waals surface area (Å²) in [5.74, 6) is -3.53. The lowest BCUT2D eigenvalue weighted by atomic mass is 10.0. The molecular formula is C13H15F2NO3S. The highest BCUT2D eigenvalue weighted by molar-refractivity contribution is 8.00. The highest BCUT2D eigenvalue weighted by Crippen LogP contribution is 2.22. The number of hydrogen-bond donors (Lipinski definition) is 1. The molecule has 7 heteroatoms. The van der Waals surface area contributed by atoms with E-state index >= 15 is 0 Å². The Kier molecular flexibility index (Phi) is 5.10. The number of carboxylic acid groups (broad SMARTS) is 1. The Morgan fingerprint density at radius 1 is 1.30 bits per heavy atom. The Morgan fingerprint density at radius 3 is 2.40 bits per heavy atom. The smallest absolute Gasteiger partial charge is 0.329 e. The van der Waals surface area contributed by atoms with Crippen molar-refractivity contribution in [3.8, 4) is 0 Å². The number of nitrogens with zero attached hydrogens (tertiary/aromatic N) is 1. The first-order valence-electron chi connectivity index (χ1n) is 5.74. The van der Waals surface area contributed by atoms with Gasteiger partial charge in [0, 0.05) is 11.9 Å². The zero-order valence-electron chi connectivity index (χ0n) is 11.3. The fourth-order valence-electron chi connectivity index (χ4n) is 1.26. The molecule has 1 aromatic carbocycles. The van der Waals surface area contributed by atoms with E-state index in [0.717, 1.165) is 28.8 Å². The molecule has 0 fully saturated rings. The molecule has 0 bridgehead atoms. The number of halogens is 2. The van der Waals surface area contributed by atoms with E-state index in [-0.39, 0.29) is 5.75 Å². The third-order valence-electron chi connectivity index (χ3n) is 2.99. The van der Waals surface area contributed by atoms with Crippen molar-refractivity contribution >= 4 is 23.6 Å². The average molecular weight is 303 g/mol. The van der Waals surface area contributed by atoms with Gasteiger partial charge in [-0.25, -0.2) is 13.6 Å². The van der Waals surface area contributed by atoms with Crippen LogP contribution in [0.25, 0.3) is 0 Å². The van der Waals surface area contributed by atoms with Crippen molar-refractivity contribution in [2.45, 2.75) is 24.3 Å². The van der Waals surface area contributed by atoms with Gasteiger partial charge in [0.1, 0.15) is 5.54 Å². The summed E-state index contributed by atoms with van der Waals surface area (Å²) in [5.41, 5.74) is -1.33. The minimum absolute atomic E-state index is 0.0573. The van der Waals surface area contributed by atoms with Crippen molar-refractivity contribution in [2.75, 3.05) is 12.8 Å². The molecule has 0 spiro atoms. The summed E-state index contributed by atoms with van der Waals surface area (Å²) in [6.07, 6.45) is 0. The minimum Gasteiger partial charge on any atom is -0.480 e. The van der Waals surface area contributed by atoms with Gasteiger partial charge in [-0.3, -0.25) is 4.79 Å². The van der Waals surface area contributed by atoms with Gasteiger partial charge in [0.25, 0.3) is 0 Å². The average Bonchev–Trinajstić information content (AvgIpc) is 2.38. The van der Waals surface area contributed by atoms with Crippen molar-refractivity contribution in [2.24, 2.45) is 0 Å². The molecule has 0 aliphatic heterocycles. The molecule has 0 saturated carbocycles. The van der Waals surface area contributed by atoms with E-state index in [9.17, 15) is 18.4 Å². The zero-order chi connectivity index (χ0) is 15.5. The summed E-state index contributed by atoms with van der Waals surface area (Å²) < 4.78 is 25.7. The minimum atomic E-state index is -1.33. The van der Waals surface area contributed by atoms with Crippen LogP contribution in [0.2, 0.25) is 0 Å². The molecule has 1 rings (SSSR count). The van der Waals surface area contributed by atoms with Gasteiger partial charge in [-0.1, -0.05) is 0 Å². The molecule has 0 aliphatic carbocycles. The first-order chi connectivity index (χ1) is 9.16. The number of carbonyl (C=O) groups excluding carboxylic acids is 1. The number of amides is 1. The number of rotatable bonds is 5. The molecule has 20 heavy (non-hydrogen) atoms. The van der Waals surface area contributed by atoms with E-state index in [4.69, 9.17) is 5.11 Å². The van der Waals surface area contributed by atoms with E-state index in [0.29, 0.717) is 4.90 Å². The van der Waals surface area contributed by atoms with Crippen LogP contribution in [-0.2, 0) is 9.59 Å². The topological polar surface area (TPSA) is 57.6 Å². The van der Waals surface area contributed by atoms with Crippen molar-refractivity contribution in [3.05, 3.63) is 29.8 Å². The first-order valence-corrected chi connectivity index (χ1v) is 6.72. The number of thioether (sulfide) groups is 1. The third-order valence-corrected chi connectivity index (χ3v) is 3.97. The Labute approximate surface area is 119 Å². The maximum atomic E-state index is 13.0. The molecule has 0 aliphatic rings. The van der Waals surface area contributed by atoms with Crippen molar-refractivity contribution in [1.82, 2.24) is 4.90 Å². The van der Waals surface area contributed by atoms with Gasteiger partial charge in [0.2, 0.25) is 5.91 Å². The van der Waals surface area contributed by atoms with Crippen LogP contribution in [0.4, 0.5) is 8.78 Å². The summed E-state index contributed by atoms with van der Waals surface area (Å²) >= 11 is 1.02. The van der Waals surface area contributed by atoms with Crippen molar-refractivity contribution in [3.63, 3.8) is 0 Å². The molecular weight excluding hydrogens is 288 g/mol. The third kappa shape index (κ3) is 3.69.